The summed E-state index contributed by atoms with van der Waals surface area (Å²) in [5.41, 5.74) is 3.21. The number of nitrogens with one attached hydrogen (secondary N) is 1. The minimum absolute atomic E-state index is 0.152. The van der Waals surface area contributed by atoms with E-state index in [9.17, 15) is 5.26 Å². The number of fused-ring (bicyclic) bond motifs is 1. The van der Waals surface area contributed by atoms with Crippen LogP contribution in [-0.4, -0.2) is 9.97 Å². The average Bonchev–Trinajstić information content (AvgIpc) is 2.90. The summed E-state index contributed by atoms with van der Waals surface area (Å²) >= 11 is 0. The van der Waals surface area contributed by atoms with Crippen molar-refractivity contribution in [2.45, 2.75) is 12.3 Å². The summed E-state index contributed by atoms with van der Waals surface area (Å²) in [7, 11) is 0. The van der Waals surface area contributed by atoms with E-state index in [1.54, 1.807) is 6.20 Å². The van der Waals surface area contributed by atoms with E-state index in [4.69, 9.17) is 0 Å². The smallest absolute Gasteiger partial charge is 0.0774 e. The van der Waals surface area contributed by atoms with E-state index in [0.29, 0.717) is 6.42 Å². The molecular formula is C16H13N3. The number of hydrogen-bond acceptors (Lipinski definition) is 2. The molecule has 0 saturated carbocycles. The van der Waals surface area contributed by atoms with Crippen molar-refractivity contribution in [1.29, 1.82) is 5.26 Å². The van der Waals surface area contributed by atoms with E-state index in [2.05, 4.69) is 22.1 Å². The SMILES string of the molecule is N#CC(Cc1cccnc1)c1c[nH]c2ccccc12. The van der Waals surface area contributed by atoms with E-state index < -0.39 is 0 Å². The maximum Gasteiger partial charge on any atom is 0.0774 e. The molecule has 2 heterocycles. The molecular weight excluding hydrogens is 234 g/mol. The van der Waals surface area contributed by atoms with Crippen LogP contribution < -0.4 is 0 Å². The molecule has 1 N–H and O–H groups in total. The molecule has 1 atom stereocenters. The predicted molar refractivity (Wildman–Crippen MR) is 74.6 cm³/mol. The Morgan fingerprint density at radius 2 is 2.11 bits per heavy atom. The number of benzene rings is 1. The van der Waals surface area contributed by atoms with Gasteiger partial charge >= 0.3 is 0 Å². The van der Waals surface area contributed by atoms with Gasteiger partial charge in [0.25, 0.3) is 0 Å². The number of H-pyrrole nitrogens is 1. The quantitative estimate of drug-likeness (QED) is 0.771. The molecule has 0 aliphatic rings. The van der Waals surface area contributed by atoms with Crippen LogP contribution in [0.25, 0.3) is 10.9 Å². The van der Waals surface area contributed by atoms with Crippen LogP contribution in [0.2, 0.25) is 0 Å². The van der Waals surface area contributed by atoms with Crippen LogP contribution in [0.5, 0.6) is 0 Å². The van der Waals surface area contributed by atoms with Gasteiger partial charge in [0.15, 0.2) is 0 Å². The lowest BCUT2D eigenvalue weighted by atomic mass is 9.93. The fourth-order valence-electron chi connectivity index (χ4n) is 2.36. The Morgan fingerprint density at radius 3 is 2.89 bits per heavy atom. The number of hydrogen-bond donors (Lipinski definition) is 1. The number of aromatic amines is 1. The normalized spacial score (nSPS) is 12.2. The first-order chi connectivity index (χ1) is 9.38. The Balaban J connectivity index is 1.97. The van der Waals surface area contributed by atoms with Gasteiger partial charge in [-0.25, -0.2) is 0 Å². The lowest BCUT2D eigenvalue weighted by molar-refractivity contribution is 0.851. The topological polar surface area (TPSA) is 52.5 Å². The molecule has 0 fully saturated rings. The van der Waals surface area contributed by atoms with Crippen molar-refractivity contribution in [2.24, 2.45) is 0 Å². The summed E-state index contributed by atoms with van der Waals surface area (Å²) in [6.45, 7) is 0. The maximum atomic E-state index is 9.43. The molecule has 0 aliphatic heterocycles. The molecule has 3 rings (SSSR count). The molecule has 0 bridgehead atoms. The Bertz CT molecular complexity index is 722. The van der Waals surface area contributed by atoms with Crippen molar-refractivity contribution in [3.05, 3.63) is 66.1 Å². The summed E-state index contributed by atoms with van der Waals surface area (Å²) in [5.74, 6) is -0.152. The second kappa shape index (κ2) is 4.95. The maximum absolute atomic E-state index is 9.43. The second-order valence-corrected chi connectivity index (χ2v) is 4.54. The van der Waals surface area contributed by atoms with Crippen LogP contribution >= 0.6 is 0 Å². The number of para-hydroxylation sites is 1. The fraction of sp³-hybridized carbons (Fsp3) is 0.125. The Kier molecular flexibility index (Phi) is 2.99. The van der Waals surface area contributed by atoms with Crippen LogP contribution in [0.1, 0.15) is 17.0 Å². The van der Waals surface area contributed by atoms with Crippen LogP contribution in [0, 0.1) is 11.3 Å². The first kappa shape index (κ1) is 11.5. The lowest BCUT2D eigenvalue weighted by Crippen LogP contribution is -2.00. The van der Waals surface area contributed by atoms with Gasteiger partial charge in [-0.1, -0.05) is 24.3 Å². The van der Waals surface area contributed by atoms with Gasteiger partial charge in [-0.15, -0.1) is 0 Å². The van der Waals surface area contributed by atoms with E-state index in [1.807, 2.05) is 42.7 Å². The Hall–Kier alpha value is -2.60. The van der Waals surface area contributed by atoms with Gasteiger partial charge < -0.3 is 4.98 Å². The largest absolute Gasteiger partial charge is 0.361 e. The standard InChI is InChI=1S/C16H13N3/c17-9-13(8-12-4-3-7-18-10-12)15-11-19-16-6-2-1-5-14(15)16/h1-7,10-11,13,19H,8H2. The summed E-state index contributed by atoms with van der Waals surface area (Å²) in [6.07, 6.45) is 6.19. The Morgan fingerprint density at radius 1 is 1.21 bits per heavy atom. The van der Waals surface area contributed by atoms with E-state index in [1.165, 1.54) is 0 Å². The van der Waals surface area contributed by atoms with Crippen LogP contribution in [0.15, 0.2) is 55.0 Å². The summed E-state index contributed by atoms with van der Waals surface area (Å²) in [6, 6.07) is 14.4. The first-order valence-corrected chi connectivity index (χ1v) is 6.23. The molecule has 19 heavy (non-hydrogen) atoms. The number of aromatic nitrogens is 2. The zero-order chi connectivity index (χ0) is 13.1. The number of nitrogens with zero attached hydrogens (tertiary/aromatic N) is 2. The van der Waals surface area contributed by atoms with Gasteiger partial charge in [0, 0.05) is 29.5 Å². The minimum atomic E-state index is -0.152. The molecule has 92 valence electrons. The molecule has 1 unspecified atom stereocenters. The molecule has 3 heteroatoms. The molecule has 1 aromatic carbocycles. The van der Waals surface area contributed by atoms with Gasteiger partial charge in [-0.2, -0.15) is 5.26 Å². The molecule has 0 amide bonds. The van der Waals surface area contributed by atoms with E-state index in [0.717, 1.165) is 22.0 Å². The third-order valence-electron chi connectivity index (χ3n) is 3.32. The van der Waals surface area contributed by atoms with Crippen molar-refractivity contribution < 1.29 is 0 Å². The van der Waals surface area contributed by atoms with E-state index >= 15 is 0 Å². The average molecular weight is 247 g/mol. The highest BCUT2D eigenvalue weighted by atomic mass is 14.7. The van der Waals surface area contributed by atoms with Crippen LogP contribution in [-0.2, 0) is 6.42 Å². The zero-order valence-corrected chi connectivity index (χ0v) is 10.4. The van der Waals surface area contributed by atoms with Crippen molar-refractivity contribution in [2.75, 3.05) is 0 Å². The van der Waals surface area contributed by atoms with E-state index in [-0.39, 0.29) is 5.92 Å². The summed E-state index contributed by atoms with van der Waals surface area (Å²) in [4.78, 5) is 7.32. The lowest BCUT2D eigenvalue weighted by Gasteiger charge is -2.07. The summed E-state index contributed by atoms with van der Waals surface area (Å²) < 4.78 is 0. The number of nitriles is 1. The highest BCUT2D eigenvalue weighted by molar-refractivity contribution is 5.84. The zero-order valence-electron chi connectivity index (χ0n) is 10.4. The third kappa shape index (κ3) is 2.21. The molecule has 0 aliphatic carbocycles. The van der Waals surface area contributed by atoms with Gasteiger partial charge in [0.05, 0.1) is 12.0 Å². The van der Waals surface area contributed by atoms with Gasteiger partial charge in [-0.05, 0) is 29.7 Å². The molecule has 0 radical (unpaired) electrons. The van der Waals surface area contributed by atoms with Crippen molar-refractivity contribution in [1.82, 2.24) is 9.97 Å². The molecule has 3 nitrogen and oxygen atoms in total. The number of rotatable bonds is 3. The van der Waals surface area contributed by atoms with Crippen molar-refractivity contribution in [3.8, 4) is 6.07 Å². The molecule has 3 aromatic rings. The molecule has 2 aromatic heterocycles. The second-order valence-electron chi connectivity index (χ2n) is 4.54. The first-order valence-electron chi connectivity index (χ1n) is 6.23. The monoisotopic (exact) mass is 247 g/mol. The minimum Gasteiger partial charge on any atom is -0.361 e. The number of pyridine rings is 1. The third-order valence-corrected chi connectivity index (χ3v) is 3.32. The van der Waals surface area contributed by atoms with Gasteiger partial charge in [-0.3, -0.25) is 4.98 Å². The molecule has 0 saturated heterocycles. The van der Waals surface area contributed by atoms with Crippen LogP contribution in [0.4, 0.5) is 0 Å². The highest BCUT2D eigenvalue weighted by Crippen LogP contribution is 2.27. The molecule has 0 spiro atoms. The van der Waals surface area contributed by atoms with Gasteiger partial charge in [0.2, 0.25) is 0 Å². The van der Waals surface area contributed by atoms with Crippen LogP contribution in [0.3, 0.4) is 0 Å². The Labute approximate surface area is 111 Å². The van der Waals surface area contributed by atoms with Crippen molar-refractivity contribution >= 4 is 10.9 Å². The fourth-order valence-corrected chi connectivity index (χ4v) is 2.36. The predicted octanol–water partition coefficient (Wildman–Crippen LogP) is 3.41. The summed E-state index contributed by atoms with van der Waals surface area (Å²) in [5, 5.41) is 10.6. The highest BCUT2D eigenvalue weighted by Gasteiger charge is 2.15. The van der Waals surface area contributed by atoms with Crippen molar-refractivity contribution in [3.63, 3.8) is 0 Å². The van der Waals surface area contributed by atoms with Gasteiger partial charge in [0.1, 0.15) is 0 Å².